The number of hydrogen-bond donors (Lipinski definition) is 0. The molecule has 0 radical (unpaired) electrons. The van der Waals surface area contributed by atoms with Crippen molar-refractivity contribution in [1.29, 1.82) is 0 Å². The minimum Gasteiger partial charge on any atom is -0.497 e. The molecule has 0 aliphatic carbocycles. The molecule has 0 bridgehead atoms. The van der Waals surface area contributed by atoms with Crippen LogP contribution in [-0.4, -0.2) is 25.2 Å². The van der Waals surface area contributed by atoms with Gasteiger partial charge in [-0.05, 0) is 52.9 Å². The fourth-order valence-corrected chi connectivity index (χ4v) is 9.64. The Morgan fingerprint density at radius 2 is 1.68 bits per heavy atom. The van der Waals surface area contributed by atoms with E-state index in [0.29, 0.717) is 11.1 Å². The molecule has 0 amide bonds. The summed E-state index contributed by atoms with van der Waals surface area (Å²) >= 11 is 0. The molecule has 136 valence electrons. The van der Waals surface area contributed by atoms with Gasteiger partial charge in [0.15, 0.2) is 8.07 Å². The van der Waals surface area contributed by atoms with E-state index >= 15 is 0 Å². The monoisotopic (exact) mass is 356 g/mol. The first kappa shape index (κ1) is 19.6. The lowest BCUT2D eigenvalue weighted by Crippen LogP contribution is -2.65. The summed E-state index contributed by atoms with van der Waals surface area (Å²) in [7, 11) is -0.399. The topological polar surface area (TPSA) is 35.0 Å². The number of hydrogen-bond acceptors (Lipinski definition) is 3. The van der Waals surface area contributed by atoms with Gasteiger partial charge in [0.2, 0.25) is 0 Å². The molecular formula is C21H32N2OSi. The van der Waals surface area contributed by atoms with Crippen LogP contribution in [-0.2, 0) is 6.42 Å². The highest BCUT2D eigenvalue weighted by Crippen LogP contribution is 2.33. The maximum atomic E-state index is 5.59. The molecule has 2 rings (SSSR count). The van der Waals surface area contributed by atoms with E-state index in [2.05, 4.69) is 52.8 Å². The fourth-order valence-electron chi connectivity index (χ4n) is 4.09. The number of rotatable bonds is 8. The smallest absolute Gasteiger partial charge is 0.170 e. The van der Waals surface area contributed by atoms with E-state index in [1.54, 1.807) is 7.11 Å². The van der Waals surface area contributed by atoms with Crippen LogP contribution in [0.3, 0.4) is 0 Å². The molecule has 1 heterocycles. The molecule has 0 spiro atoms. The van der Waals surface area contributed by atoms with Crippen molar-refractivity contribution in [2.75, 3.05) is 7.11 Å². The SMILES string of the molecule is CCCCc1ccc(OC)cc1[Si](c1ncccn1)(C(C)C)C(C)C. The van der Waals surface area contributed by atoms with Crippen LogP contribution in [0.15, 0.2) is 36.7 Å². The van der Waals surface area contributed by atoms with Crippen LogP contribution in [0.5, 0.6) is 5.75 Å². The maximum absolute atomic E-state index is 5.59. The van der Waals surface area contributed by atoms with Crippen molar-refractivity contribution in [1.82, 2.24) is 9.97 Å². The number of aromatic nitrogens is 2. The second-order valence-electron chi connectivity index (χ2n) is 7.38. The van der Waals surface area contributed by atoms with Crippen LogP contribution in [0.25, 0.3) is 0 Å². The summed E-state index contributed by atoms with van der Waals surface area (Å²) in [6.45, 7) is 11.6. The lowest BCUT2D eigenvalue weighted by Gasteiger charge is -2.39. The second-order valence-corrected chi connectivity index (χ2v) is 12.4. The summed E-state index contributed by atoms with van der Waals surface area (Å²) in [4.78, 5) is 9.51. The number of benzene rings is 1. The molecule has 25 heavy (non-hydrogen) atoms. The van der Waals surface area contributed by atoms with E-state index in [0.717, 1.165) is 17.6 Å². The van der Waals surface area contributed by atoms with E-state index in [1.165, 1.54) is 23.6 Å². The van der Waals surface area contributed by atoms with Crippen LogP contribution >= 0.6 is 0 Å². The zero-order valence-corrected chi connectivity index (χ0v) is 17.5. The molecular weight excluding hydrogens is 324 g/mol. The Labute approximate surface area is 153 Å². The van der Waals surface area contributed by atoms with Crippen LogP contribution in [0.1, 0.15) is 53.0 Å². The maximum Gasteiger partial charge on any atom is 0.170 e. The van der Waals surface area contributed by atoms with E-state index in [9.17, 15) is 0 Å². The van der Waals surface area contributed by atoms with Crippen molar-refractivity contribution >= 4 is 18.7 Å². The zero-order valence-electron chi connectivity index (χ0n) is 16.5. The standard InChI is InChI=1S/C21H32N2OSi/c1-7-8-10-18-11-12-19(24-6)15-20(18)25(16(2)3,17(4)5)21-22-13-9-14-23-21/h9,11-17H,7-8,10H2,1-6H3. The summed E-state index contributed by atoms with van der Waals surface area (Å²) < 4.78 is 5.59. The van der Waals surface area contributed by atoms with Gasteiger partial charge in [-0.15, -0.1) is 0 Å². The number of unbranched alkanes of at least 4 members (excludes halogenated alkanes) is 1. The first-order valence-electron chi connectivity index (χ1n) is 9.43. The fraction of sp³-hybridized carbons (Fsp3) is 0.524. The van der Waals surface area contributed by atoms with Gasteiger partial charge in [-0.1, -0.05) is 47.1 Å². The molecule has 1 aromatic carbocycles. The third-order valence-electron chi connectivity index (χ3n) is 5.32. The molecule has 0 atom stereocenters. The lowest BCUT2D eigenvalue weighted by atomic mass is 10.1. The Bertz CT molecular complexity index is 663. The van der Waals surface area contributed by atoms with Gasteiger partial charge in [0.25, 0.3) is 0 Å². The average Bonchev–Trinajstić information content (AvgIpc) is 2.61. The Balaban J connectivity index is 2.77. The third-order valence-corrected chi connectivity index (χ3v) is 11.3. The van der Waals surface area contributed by atoms with E-state index in [1.807, 2.05) is 18.5 Å². The highest BCUT2D eigenvalue weighted by molar-refractivity contribution is 7.03. The van der Waals surface area contributed by atoms with Gasteiger partial charge in [0.1, 0.15) is 11.2 Å². The first-order chi connectivity index (χ1) is 12.0. The quantitative estimate of drug-likeness (QED) is 0.665. The van der Waals surface area contributed by atoms with Gasteiger partial charge in [-0.25, -0.2) is 9.97 Å². The third kappa shape index (κ3) is 3.79. The van der Waals surface area contributed by atoms with Crippen LogP contribution in [0.4, 0.5) is 0 Å². The van der Waals surface area contributed by atoms with Gasteiger partial charge in [0.05, 0.1) is 7.11 Å². The predicted molar refractivity (Wildman–Crippen MR) is 109 cm³/mol. The molecule has 1 aromatic heterocycles. The largest absolute Gasteiger partial charge is 0.497 e. The molecule has 3 nitrogen and oxygen atoms in total. The van der Waals surface area contributed by atoms with Crippen molar-refractivity contribution in [3.8, 4) is 5.75 Å². The summed E-state index contributed by atoms with van der Waals surface area (Å²) in [6, 6.07) is 8.54. The molecule has 0 saturated carbocycles. The summed E-state index contributed by atoms with van der Waals surface area (Å²) in [5.74, 6) is 0.935. The van der Waals surface area contributed by atoms with Gasteiger partial charge >= 0.3 is 0 Å². The predicted octanol–water partition coefficient (Wildman–Crippen LogP) is 4.21. The van der Waals surface area contributed by atoms with Crippen molar-refractivity contribution in [2.45, 2.75) is 65.0 Å². The molecule has 0 N–H and O–H groups in total. The van der Waals surface area contributed by atoms with Crippen LogP contribution in [0.2, 0.25) is 11.1 Å². The second kappa shape index (κ2) is 8.61. The number of methoxy groups -OCH3 is 1. The molecule has 0 aliphatic rings. The van der Waals surface area contributed by atoms with Crippen molar-refractivity contribution in [3.63, 3.8) is 0 Å². The van der Waals surface area contributed by atoms with Gasteiger partial charge in [-0.2, -0.15) is 0 Å². The zero-order chi connectivity index (χ0) is 18.4. The Kier molecular flexibility index (Phi) is 6.76. The van der Waals surface area contributed by atoms with Crippen molar-refractivity contribution in [2.24, 2.45) is 0 Å². The van der Waals surface area contributed by atoms with Gasteiger partial charge in [0, 0.05) is 12.4 Å². The van der Waals surface area contributed by atoms with Crippen LogP contribution < -0.4 is 15.4 Å². The highest BCUT2D eigenvalue weighted by atomic mass is 28.3. The lowest BCUT2D eigenvalue weighted by molar-refractivity contribution is 0.415. The molecule has 0 saturated heterocycles. The van der Waals surface area contributed by atoms with E-state index in [-0.39, 0.29) is 0 Å². The van der Waals surface area contributed by atoms with Gasteiger partial charge < -0.3 is 4.74 Å². The molecule has 0 aliphatic heterocycles. The molecule has 0 fully saturated rings. The van der Waals surface area contributed by atoms with Crippen molar-refractivity contribution in [3.05, 3.63) is 42.2 Å². The molecule has 0 unspecified atom stereocenters. The first-order valence-corrected chi connectivity index (χ1v) is 11.6. The van der Waals surface area contributed by atoms with Crippen molar-refractivity contribution < 1.29 is 4.74 Å². The average molecular weight is 357 g/mol. The molecule has 4 heteroatoms. The number of ether oxygens (including phenoxy) is 1. The van der Waals surface area contributed by atoms with Crippen LogP contribution in [0, 0.1) is 0 Å². The summed E-state index contributed by atoms with van der Waals surface area (Å²) in [5.41, 5.74) is 3.50. The summed E-state index contributed by atoms with van der Waals surface area (Å²) in [6.07, 6.45) is 7.29. The van der Waals surface area contributed by atoms with E-state index in [4.69, 9.17) is 14.7 Å². The minimum absolute atomic E-state index is 0.502. The number of nitrogens with zero attached hydrogens (tertiary/aromatic N) is 2. The number of aryl methyl sites for hydroxylation is 1. The molecule has 2 aromatic rings. The van der Waals surface area contributed by atoms with E-state index < -0.39 is 8.07 Å². The highest BCUT2D eigenvalue weighted by Gasteiger charge is 2.47. The summed E-state index contributed by atoms with van der Waals surface area (Å²) in [5, 5.41) is 1.46. The minimum atomic E-state index is -2.15. The Hall–Kier alpha value is -1.68. The Morgan fingerprint density at radius 3 is 2.20 bits per heavy atom. The normalized spacial score (nSPS) is 12.0. The Morgan fingerprint density at radius 1 is 1.04 bits per heavy atom. The van der Waals surface area contributed by atoms with Gasteiger partial charge in [-0.3, -0.25) is 0 Å².